The fraction of sp³-hybridized carbons (Fsp3) is 0.614. The number of nitrogens with two attached hydrogens (primary N) is 2. The van der Waals surface area contributed by atoms with Gasteiger partial charge in [-0.1, -0.05) is 84.0 Å². The number of rotatable bonds is 51. The van der Waals surface area contributed by atoms with Gasteiger partial charge in [-0.3, -0.25) is 14.6 Å². The van der Waals surface area contributed by atoms with Crippen molar-refractivity contribution in [3.05, 3.63) is 190 Å². The lowest BCUT2D eigenvalue weighted by Crippen LogP contribution is -2.38. The summed E-state index contributed by atoms with van der Waals surface area (Å²) < 4.78 is 105. The van der Waals surface area contributed by atoms with Crippen molar-refractivity contribution in [3.63, 3.8) is 0 Å². The summed E-state index contributed by atoms with van der Waals surface area (Å²) in [5, 5.41) is 20.2. The Bertz CT molecular complexity index is 5030. The minimum absolute atomic E-state index is 0.00863. The number of nitrogens with one attached hydrogen (secondary N) is 7. The number of amides is 4. The van der Waals surface area contributed by atoms with Gasteiger partial charge in [0.1, 0.15) is 5.78 Å². The Labute approximate surface area is 836 Å². The van der Waals surface area contributed by atoms with Crippen LogP contribution in [0.2, 0.25) is 15.1 Å². The van der Waals surface area contributed by atoms with E-state index in [0.717, 1.165) is 220 Å². The topological polar surface area (TPSA) is 349 Å². The molecule has 12 rings (SSSR count). The number of halogens is 4. The third kappa shape index (κ3) is 36.9. The maximum atomic E-state index is 13.9. The molecule has 6 aromatic rings. The van der Waals surface area contributed by atoms with Gasteiger partial charge >= 0.3 is 12.1 Å². The van der Waals surface area contributed by atoms with Gasteiger partial charge in [0.05, 0.1) is 66.7 Å². The lowest BCUT2D eigenvalue weighted by molar-refractivity contribution is -0.119. The number of Topliss-reactive ketones (excluding diaryl/α,β-unsaturated/α-hetero) is 1. The smallest absolute Gasteiger partial charge is 0.314 e. The zero-order valence-electron chi connectivity index (χ0n) is 82.5. The monoisotopic (exact) mass is 2030 g/mol. The number of ketones is 1. The van der Waals surface area contributed by atoms with Crippen LogP contribution in [-0.2, 0) is 72.3 Å². The van der Waals surface area contributed by atoms with Crippen molar-refractivity contribution in [3.8, 4) is 0 Å². The molecule has 36 heteroatoms. The number of urea groups is 2. The minimum Gasteiger partial charge on any atom is -0.380 e. The van der Waals surface area contributed by atoms with Crippen LogP contribution in [0.3, 0.4) is 0 Å². The number of likely N-dealkylation sites (N-methyl/N-ethyl adjacent to an activating group) is 4. The third-order valence-electron chi connectivity index (χ3n) is 26.8. The summed E-state index contributed by atoms with van der Waals surface area (Å²) in [5.41, 5.74) is 27.2. The standard InChI is InChI=1S/C61H85Cl2N7O8S2.C22H50N8O3.C18H19Cl2NO2S/c1-42-13-15-47(57-39-67(5)37-55-44(3)29-49(62)33-53(55)57)31-59(42)79(73,74)41-46-17-21-69(35-46)23-27-77-25-10-12-52(71)11-8-7-9-19-64-61(72)65-20-26-78-28-24-70-22-18-51(36-70)66-80(75,76)60-32-48(16-14-43(60)2)58-40-68(6)38-56-45(4)30-50(63)34-54(56)58;1-29(12-6-23)13-17-32-15-9-26-20-25-7-3-2-4-8-27-22(31)28-10-16-33-18-14-30-11-5-21(24)19-30;1-11-4-5-13(7-18(11)24(20,22)23)17-10-21(3)9-16-12(2)6-14(19)8-15(16)17/h13-16,29-34,46,51,57-58,66H,7-12,17-28,35-41H2,1-6H3,(H2,64,65,72);21,25-26H,2-20,23-24H2,1H3,(H2,27,28,31);4-8,17H,9-10H2,1-3H3/t46-,51-,57?,58?;21-;/m00./s1. The van der Waals surface area contributed by atoms with Crippen LogP contribution in [0.15, 0.2) is 106 Å². The molecule has 29 nitrogen and oxygen atoms in total. The molecule has 3 saturated heterocycles. The van der Waals surface area contributed by atoms with E-state index in [0.29, 0.717) is 160 Å². The lowest BCUT2D eigenvalue weighted by Gasteiger charge is -2.34. The number of sulfone groups is 1. The number of fused-ring (bicyclic) bond motifs is 3. The van der Waals surface area contributed by atoms with Gasteiger partial charge in [0.15, 0.2) is 9.84 Å². The summed E-state index contributed by atoms with van der Waals surface area (Å²) in [6.45, 7) is 35.6. The molecule has 3 fully saturated rings. The molecule has 6 heterocycles. The summed E-state index contributed by atoms with van der Waals surface area (Å²) in [5.74, 6) is 0.510. The molecule has 137 heavy (non-hydrogen) atoms. The molecule has 0 aliphatic carbocycles. The number of likely N-dealkylation sites (tertiary alicyclic amines) is 3. The van der Waals surface area contributed by atoms with Crippen LogP contribution in [0, 0.1) is 47.5 Å². The van der Waals surface area contributed by atoms with Gasteiger partial charge in [0, 0.05) is 213 Å². The highest BCUT2D eigenvalue weighted by Gasteiger charge is 2.36. The Morgan fingerprint density at radius 1 is 0.445 bits per heavy atom. The van der Waals surface area contributed by atoms with Crippen molar-refractivity contribution in [2.24, 2.45) is 17.4 Å². The Morgan fingerprint density at radius 2 is 0.869 bits per heavy atom. The first-order valence-corrected chi connectivity index (χ1v) is 55.6. The number of carbonyl (C=O) groups is 3. The maximum Gasteiger partial charge on any atom is 0.314 e. The van der Waals surface area contributed by atoms with E-state index in [1.165, 1.54) is 27.8 Å². The molecule has 0 radical (unpaired) electrons. The number of aryl methyl sites for hydroxylation is 6. The molecule has 11 N–H and O–H groups in total. The van der Waals surface area contributed by atoms with Gasteiger partial charge in [-0.2, -0.15) is 0 Å². The highest BCUT2D eigenvalue weighted by molar-refractivity contribution is 8.13. The normalized spacial score (nSPS) is 19.0. The fourth-order valence-corrected chi connectivity index (χ4v) is 24.8. The molecular formula is C101H154Cl4N16O13S3. The number of ether oxygens (including phenoxy) is 4. The predicted molar refractivity (Wildman–Crippen MR) is 551 cm³/mol. The molecule has 762 valence electrons. The highest BCUT2D eigenvalue weighted by Crippen LogP contribution is 2.42. The number of hydrogen-bond donors (Lipinski definition) is 9. The highest BCUT2D eigenvalue weighted by atomic mass is 35.7. The molecule has 6 aliphatic heterocycles. The van der Waals surface area contributed by atoms with E-state index in [4.69, 9.17) is 75.9 Å². The first-order valence-electron chi connectivity index (χ1n) is 49.0. The number of hydrogen-bond acceptors (Lipinski definition) is 24. The maximum absolute atomic E-state index is 13.9. The van der Waals surface area contributed by atoms with E-state index < -0.39 is 28.9 Å². The molecule has 6 aromatic carbocycles. The minimum atomic E-state index is -3.77. The van der Waals surface area contributed by atoms with Crippen molar-refractivity contribution < 1.29 is 58.6 Å². The zero-order valence-corrected chi connectivity index (χ0v) is 88.0. The Morgan fingerprint density at radius 3 is 1.38 bits per heavy atom. The van der Waals surface area contributed by atoms with Crippen molar-refractivity contribution in [1.29, 1.82) is 0 Å². The van der Waals surface area contributed by atoms with E-state index in [2.05, 4.69) is 126 Å². The quantitative estimate of drug-likeness (QED) is 0.00973. The van der Waals surface area contributed by atoms with Crippen LogP contribution >= 0.6 is 45.5 Å². The van der Waals surface area contributed by atoms with Gasteiger partial charge < -0.3 is 86.8 Å². The van der Waals surface area contributed by atoms with Crippen LogP contribution in [-0.4, -0.2) is 320 Å². The first kappa shape index (κ1) is 113. The van der Waals surface area contributed by atoms with Crippen LogP contribution in [0.25, 0.3) is 0 Å². The SMILES string of the molecule is CN(CCN)CCOCCNCNCCCCCNC(=O)NCCOCCN1CC[C@H](N)C1.Cc1ccc(C2CN(C)Cc3c(C)cc(Cl)cc32)cc1S(=O)(=O)C[C@H]1CCN(CCOCCCC(=O)CCCCCNC(=O)NCCOCCN2CC[C@H](NS(=O)(=O)c3cc(C4CN(C)Cc5c(C)cc(Cl)cc54)ccc3C)C2)C1.Cc1ccc(C2CN(C)Cc3c(C)cc(Cl)cc32)cc1S(=O)(=O)Cl. The Kier molecular flexibility index (Phi) is 46.8. The van der Waals surface area contributed by atoms with Crippen LogP contribution in [0.1, 0.15) is 178 Å². The predicted octanol–water partition coefficient (Wildman–Crippen LogP) is 11.8. The lowest BCUT2D eigenvalue weighted by atomic mass is 9.83. The van der Waals surface area contributed by atoms with Gasteiger partial charge in [-0.05, 0) is 291 Å². The van der Waals surface area contributed by atoms with E-state index >= 15 is 0 Å². The molecule has 3 unspecified atom stereocenters. The largest absolute Gasteiger partial charge is 0.380 e. The van der Waals surface area contributed by atoms with Gasteiger partial charge in [-0.15, -0.1) is 0 Å². The second-order valence-corrected chi connectivity index (χ2v) is 45.8. The van der Waals surface area contributed by atoms with Crippen LogP contribution < -0.4 is 48.1 Å². The third-order valence-corrected chi connectivity index (χ3v) is 32.6. The number of benzene rings is 6. The van der Waals surface area contributed by atoms with Crippen molar-refractivity contribution in [1.82, 2.24) is 70.9 Å². The van der Waals surface area contributed by atoms with E-state index in [1.54, 1.807) is 13.0 Å². The van der Waals surface area contributed by atoms with Gasteiger partial charge in [-0.25, -0.2) is 39.6 Å². The first-order chi connectivity index (χ1) is 65.5. The summed E-state index contributed by atoms with van der Waals surface area (Å²) in [4.78, 5) is 53.3. The average Bonchev–Trinajstić information content (AvgIpc) is 1.45. The molecule has 0 saturated carbocycles. The number of nitrogens with zero attached hydrogens (tertiary/aromatic N) is 7. The van der Waals surface area contributed by atoms with Crippen molar-refractivity contribution in [2.75, 3.05) is 231 Å². The summed E-state index contributed by atoms with van der Waals surface area (Å²) >= 11 is 19.3. The fourth-order valence-electron chi connectivity index (χ4n) is 19.2. The summed E-state index contributed by atoms with van der Waals surface area (Å²) in [6, 6.07) is 29.0. The van der Waals surface area contributed by atoms with E-state index in [9.17, 15) is 39.6 Å². The molecule has 0 spiro atoms. The van der Waals surface area contributed by atoms with Crippen LogP contribution in [0.4, 0.5) is 9.59 Å². The molecule has 6 aliphatic rings. The van der Waals surface area contributed by atoms with Crippen LogP contribution in [0.5, 0.6) is 0 Å². The number of sulfonamides is 1. The van der Waals surface area contributed by atoms with Gasteiger partial charge in [0.25, 0.3) is 9.05 Å². The molecule has 0 aromatic heterocycles. The second kappa shape index (κ2) is 56.8. The zero-order chi connectivity index (χ0) is 98.8. The summed E-state index contributed by atoms with van der Waals surface area (Å²) in [7, 11) is 2.85. The van der Waals surface area contributed by atoms with Gasteiger partial charge in [0.2, 0.25) is 10.0 Å². The summed E-state index contributed by atoms with van der Waals surface area (Å²) in [6.07, 6.45) is 9.81. The van der Waals surface area contributed by atoms with Crippen molar-refractivity contribution in [2.45, 2.75) is 183 Å². The van der Waals surface area contributed by atoms with E-state index in [1.807, 2.05) is 92.7 Å². The molecule has 0 bridgehead atoms. The Balaban J connectivity index is 0.000000275. The Hall–Kier alpha value is -6.10. The molecule has 4 amide bonds. The number of unbranched alkanes of at least 4 members (excludes halogenated alkanes) is 4. The molecular weight excluding hydrogens is 1880 g/mol. The second-order valence-electron chi connectivity index (χ2n) is 38.2. The van der Waals surface area contributed by atoms with Crippen molar-refractivity contribution >= 4 is 92.2 Å². The average molecular weight is 2040 g/mol. The van der Waals surface area contributed by atoms with E-state index in [-0.39, 0.29) is 58.2 Å². The number of carbonyl (C=O) groups excluding carboxylic acids is 3. The molecule has 6 atom stereocenters.